The van der Waals surface area contributed by atoms with Gasteiger partial charge >= 0.3 is 0 Å². The second-order valence-electron chi connectivity index (χ2n) is 8.52. The molecule has 0 amide bonds. The Balaban J connectivity index is 1.42. The Morgan fingerprint density at radius 2 is 1.84 bits per heavy atom. The lowest BCUT2D eigenvalue weighted by molar-refractivity contribution is 0.268. The smallest absolute Gasteiger partial charge is 0.229 e. The van der Waals surface area contributed by atoms with Gasteiger partial charge in [-0.2, -0.15) is 10.1 Å². The first-order valence-electron chi connectivity index (χ1n) is 11.2. The highest BCUT2D eigenvalue weighted by atomic mass is 15.3. The van der Waals surface area contributed by atoms with Crippen molar-refractivity contribution in [1.29, 1.82) is 0 Å². The first-order chi connectivity index (χ1) is 15.5. The fourth-order valence-corrected chi connectivity index (χ4v) is 4.41. The average Bonchev–Trinajstić information content (AvgIpc) is 3.10. The van der Waals surface area contributed by atoms with Crippen molar-refractivity contribution >= 4 is 34.2 Å². The van der Waals surface area contributed by atoms with Crippen LogP contribution in [0.2, 0.25) is 0 Å². The van der Waals surface area contributed by atoms with Gasteiger partial charge in [0.1, 0.15) is 0 Å². The van der Waals surface area contributed by atoms with Gasteiger partial charge in [-0.1, -0.05) is 31.2 Å². The summed E-state index contributed by atoms with van der Waals surface area (Å²) in [6.45, 7) is 9.61. The Labute approximate surface area is 188 Å². The molecule has 0 unspecified atom stereocenters. The van der Waals surface area contributed by atoms with Crippen LogP contribution in [-0.2, 0) is 20.0 Å². The molecule has 0 saturated carbocycles. The van der Waals surface area contributed by atoms with Gasteiger partial charge in [0.25, 0.3) is 0 Å². The molecule has 0 fully saturated rings. The van der Waals surface area contributed by atoms with E-state index in [2.05, 4.69) is 82.8 Å². The number of fused-ring (bicyclic) bond motifs is 2. The minimum Gasteiger partial charge on any atom is -0.338 e. The number of nitrogens with one attached hydrogen (secondary N) is 2. The molecule has 0 spiro atoms. The third-order valence-corrected chi connectivity index (χ3v) is 6.31. The van der Waals surface area contributed by atoms with E-state index in [9.17, 15) is 0 Å². The van der Waals surface area contributed by atoms with Gasteiger partial charge in [0, 0.05) is 37.7 Å². The van der Waals surface area contributed by atoms with Crippen molar-refractivity contribution in [3.05, 3.63) is 64.8 Å². The van der Waals surface area contributed by atoms with Crippen LogP contribution in [0.15, 0.2) is 42.6 Å². The summed E-state index contributed by atoms with van der Waals surface area (Å²) in [6.07, 6.45) is 2.95. The van der Waals surface area contributed by atoms with Crippen LogP contribution < -0.4 is 10.6 Å². The highest BCUT2D eigenvalue weighted by Crippen LogP contribution is 2.29. The molecule has 2 aromatic heterocycles. The fraction of sp³-hybridized carbons (Fsp3) is 0.320. The van der Waals surface area contributed by atoms with Gasteiger partial charge in [0.05, 0.1) is 5.39 Å². The normalized spacial score (nSPS) is 13.9. The van der Waals surface area contributed by atoms with E-state index < -0.39 is 0 Å². The standard InChI is InChI=1S/C25H29N7/c1-5-32-12-11-18-9-10-20(13-19(18)15-32)27-25-26-14-21-23(30-31(4)24(21)29-25)28-22-16(2)7-6-8-17(22)3/h6-10,13-14H,5,11-12,15H2,1-4H3,(H,28,30)(H,26,27,29). The van der Waals surface area contributed by atoms with Crippen LogP contribution >= 0.6 is 0 Å². The summed E-state index contributed by atoms with van der Waals surface area (Å²) in [5, 5.41) is 12.4. The van der Waals surface area contributed by atoms with Crippen molar-refractivity contribution in [2.45, 2.75) is 33.7 Å². The molecule has 32 heavy (non-hydrogen) atoms. The molecule has 7 nitrogen and oxygen atoms in total. The van der Waals surface area contributed by atoms with Crippen molar-refractivity contribution in [1.82, 2.24) is 24.6 Å². The molecule has 0 radical (unpaired) electrons. The summed E-state index contributed by atoms with van der Waals surface area (Å²) in [5.41, 5.74) is 8.04. The van der Waals surface area contributed by atoms with Crippen LogP contribution in [0.25, 0.3) is 11.0 Å². The Bertz CT molecular complexity index is 1270. The first-order valence-corrected chi connectivity index (χ1v) is 11.2. The number of likely N-dealkylation sites (N-methyl/N-ethyl adjacent to an activating group) is 1. The average molecular weight is 428 g/mol. The van der Waals surface area contributed by atoms with Gasteiger partial charge in [0.15, 0.2) is 11.5 Å². The molecule has 0 saturated heterocycles. The van der Waals surface area contributed by atoms with E-state index in [1.165, 1.54) is 22.3 Å². The molecule has 1 aliphatic heterocycles. The maximum absolute atomic E-state index is 4.75. The number of hydrogen-bond donors (Lipinski definition) is 2. The minimum atomic E-state index is 0.572. The number of nitrogens with zero attached hydrogens (tertiary/aromatic N) is 5. The van der Waals surface area contributed by atoms with Crippen LogP contribution in [-0.4, -0.2) is 37.7 Å². The SMILES string of the molecule is CCN1CCc2ccc(Nc3ncc4c(Nc5c(C)cccc5C)nn(C)c4n3)cc2C1. The summed E-state index contributed by atoms with van der Waals surface area (Å²) >= 11 is 0. The lowest BCUT2D eigenvalue weighted by Crippen LogP contribution is -2.30. The highest BCUT2D eigenvalue weighted by molar-refractivity contribution is 5.90. The molecule has 0 aliphatic carbocycles. The number of hydrogen-bond acceptors (Lipinski definition) is 6. The van der Waals surface area contributed by atoms with Crippen LogP contribution in [0.1, 0.15) is 29.2 Å². The predicted octanol–water partition coefficient (Wildman–Crippen LogP) is 4.85. The lowest BCUT2D eigenvalue weighted by Gasteiger charge is -2.27. The Kier molecular flexibility index (Phi) is 5.27. The summed E-state index contributed by atoms with van der Waals surface area (Å²) in [5.74, 6) is 1.34. The van der Waals surface area contributed by atoms with Gasteiger partial charge in [0.2, 0.25) is 5.95 Å². The van der Waals surface area contributed by atoms with E-state index in [0.717, 1.165) is 54.3 Å². The molecule has 5 rings (SSSR count). The zero-order valence-corrected chi connectivity index (χ0v) is 19.1. The van der Waals surface area contributed by atoms with E-state index in [1.54, 1.807) is 4.68 Å². The number of rotatable bonds is 5. The molecular weight excluding hydrogens is 398 g/mol. The molecule has 1 aliphatic rings. The minimum absolute atomic E-state index is 0.572. The van der Waals surface area contributed by atoms with Crippen molar-refractivity contribution < 1.29 is 0 Å². The van der Waals surface area contributed by atoms with E-state index in [1.807, 2.05) is 13.2 Å². The largest absolute Gasteiger partial charge is 0.338 e. The number of benzene rings is 2. The topological polar surface area (TPSA) is 70.9 Å². The number of aryl methyl sites for hydroxylation is 3. The molecule has 164 valence electrons. The monoisotopic (exact) mass is 427 g/mol. The molecule has 7 heteroatoms. The van der Waals surface area contributed by atoms with E-state index in [4.69, 9.17) is 4.98 Å². The Morgan fingerprint density at radius 3 is 2.62 bits per heavy atom. The second-order valence-corrected chi connectivity index (χ2v) is 8.52. The molecular formula is C25H29N7. The van der Waals surface area contributed by atoms with Crippen LogP contribution in [0.5, 0.6) is 0 Å². The number of anilines is 4. The summed E-state index contributed by atoms with van der Waals surface area (Å²) in [7, 11) is 1.91. The zero-order valence-electron chi connectivity index (χ0n) is 19.1. The summed E-state index contributed by atoms with van der Waals surface area (Å²) < 4.78 is 1.80. The molecule has 3 heterocycles. The molecule has 2 aromatic carbocycles. The Hall–Kier alpha value is -3.45. The Morgan fingerprint density at radius 1 is 1.03 bits per heavy atom. The summed E-state index contributed by atoms with van der Waals surface area (Å²) in [6, 6.07) is 12.8. The van der Waals surface area contributed by atoms with E-state index >= 15 is 0 Å². The number of para-hydroxylation sites is 1. The van der Waals surface area contributed by atoms with Gasteiger partial charge in [-0.05, 0) is 61.2 Å². The van der Waals surface area contributed by atoms with Crippen LogP contribution in [0.4, 0.5) is 23.1 Å². The van der Waals surface area contributed by atoms with Crippen LogP contribution in [0.3, 0.4) is 0 Å². The predicted molar refractivity (Wildman–Crippen MR) is 130 cm³/mol. The van der Waals surface area contributed by atoms with Gasteiger partial charge in [-0.3, -0.25) is 4.90 Å². The van der Waals surface area contributed by atoms with Gasteiger partial charge in [-0.15, -0.1) is 0 Å². The quantitative estimate of drug-likeness (QED) is 0.475. The van der Waals surface area contributed by atoms with Crippen molar-refractivity contribution in [2.24, 2.45) is 7.05 Å². The molecule has 4 aromatic rings. The van der Waals surface area contributed by atoms with Crippen molar-refractivity contribution in [3.63, 3.8) is 0 Å². The van der Waals surface area contributed by atoms with Gasteiger partial charge in [-0.25, -0.2) is 9.67 Å². The third kappa shape index (κ3) is 3.80. The lowest BCUT2D eigenvalue weighted by atomic mass is 9.99. The molecule has 0 atom stereocenters. The van der Waals surface area contributed by atoms with Gasteiger partial charge < -0.3 is 10.6 Å². The van der Waals surface area contributed by atoms with E-state index in [-0.39, 0.29) is 0 Å². The maximum Gasteiger partial charge on any atom is 0.229 e. The zero-order chi connectivity index (χ0) is 22.2. The number of aromatic nitrogens is 4. The third-order valence-electron chi connectivity index (χ3n) is 6.31. The maximum atomic E-state index is 4.75. The highest BCUT2D eigenvalue weighted by Gasteiger charge is 2.16. The molecule has 2 N–H and O–H groups in total. The van der Waals surface area contributed by atoms with Crippen molar-refractivity contribution in [2.75, 3.05) is 23.7 Å². The second kappa shape index (κ2) is 8.24. The molecule has 0 bridgehead atoms. The van der Waals surface area contributed by atoms with E-state index in [0.29, 0.717) is 5.95 Å². The first kappa shape index (κ1) is 20.5. The summed E-state index contributed by atoms with van der Waals surface area (Å²) in [4.78, 5) is 11.8. The van der Waals surface area contributed by atoms with Crippen molar-refractivity contribution in [3.8, 4) is 0 Å². The fourth-order valence-electron chi connectivity index (χ4n) is 4.41. The van der Waals surface area contributed by atoms with Crippen LogP contribution in [0, 0.1) is 13.8 Å².